The number of ether oxygens (including phenoxy) is 1. The Labute approximate surface area is 173 Å². The van der Waals surface area contributed by atoms with Crippen molar-refractivity contribution in [2.75, 3.05) is 11.4 Å². The standard InChI is InChI=1S/C23H22BrNO3/c1-2-25(15-17-8-10-19(11-9-17)23(26)27)21-14-20(24)12-13-22(21)28-16-18-6-4-3-5-7-18/h3-14H,2,15-16H2,1H3,(H,26,27). The summed E-state index contributed by atoms with van der Waals surface area (Å²) in [6.07, 6.45) is 0. The SMILES string of the molecule is CCN(Cc1ccc(C(=O)O)cc1)c1cc(Br)ccc1OCc1ccccc1. The molecule has 5 heteroatoms. The maximum absolute atomic E-state index is 11.1. The van der Waals surface area contributed by atoms with Gasteiger partial charge in [-0.25, -0.2) is 4.79 Å². The number of hydrogen-bond donors (Lipinski definition) is 1. The Morgan fingerprint density at radius 2 is 1.71 bits per heavy atom. The summed E-state index contributed by atoms with van der Waals surface area (Å²) in [5.74, 6) is -0.0986. The minimum absolute atomic E-state index is 0.293. The second-order valence-electron chi connectivity index (χ2n) is 6.40. The van der Waals surface area contributed by atoms with Crippen molar-refractivity contribution in [2.24, 2.45) is 0 Å². The van der Waals surface area contributed by atoms with Gasteiger partial charge in [-0.15, -0.1) is 0 Å². The lowest BCUT2D eigenvalue weighted by atomic mass is 10.1. The van der Waals surface area contributed by atoms with Crippen molar-refractivity contribution in [3.63, 3.8) is 0 Å². The van der Waals surface area contributed by atoms with E-state index in [-0.39, 0.29) is 0 Å². The fraction of sp³-hybridized carbons (Fsp3) is 0.174. The van der Waals surface area contributed by atoms with Gasteiger partial charge in [-0.1, -0.05) is 58.4 Å². The van der Waals surface area contributed by atoms with Crippen molar-refractivity contribution in [3.8, 4) is 5.75 Å². The minimum Gasteiger partial charge on any atom is -0.487 e. The maximum atomic E-state index is 11.1. The van der Waals surface area contributed by atoms with Crippen molar-refractivity contribution < 1.29 is 14.6 Å². The van der Waals surface area contributed by atoms with Gasteiger partial charge in [-0.3, -0.25) is 0 Å². The van der Waals surface area contributed by atoms with E-state index < -0.39 is 5.97 Å². The Morgan fingerprint density at radius 1 is 1.00 bits per heavy atom. The highest BCUT2D eigenvalue weighted by molar-refractivity contribution is 9.10. The Morgan fingerprint density at radius 3 is 2.36 bits per heavy atom. The van der Waals surface area contributed by atoms with E-state index in [9.17, 15) is 4.79 Å². The van der Waals surface area contributed by atoms with Crippen LogP contribution >= 0.6 is 15.9 Å². The van der Waals surface area contributed by atoms with E-state index in [1.165, 1.54) is 0 Å². The minimum atomic E-state index is -0.914. The largest absolute Gasteiger partial charge is 0.487 e. The lowest BCUT2D eigenvalue weighted by Gasteiger charge is -2.26. The van der Waals surface area contributed by atoms with Gasteiger partial charge in [0.1, 0.15) is 12.4 Å². The number of nitrogens with zero attached hydrogens (tertiary/aromatic N) is 1. The van der Waals surface area contributed by atoms with Crippen molar-refractivity contribution in [3.05, 3.63) is 94.0 Å². The van der Waals surface area contributed by atoms with Gasteiger partial charge < -0.3 is 14.7 Å². The fourth-order valence-electron chi connectivity index (χ4n) is 2.94. The van der Waals surface area contributed by atoms with Gasteiger partial charge in [-0.2, -0.15) is 0 Å². The van der Waals surface area contributed by atoms with E-state index in [1.807, 2.05) is 54.6 Å². The van der Waals surface area contributed by atoms with Gasteiger partial charge in [-0.05, 0) is 48.4 Å². The van der Waals surface area contributed by atoms with E-state index in [4.69, 9.17) is 9.84 Å². The molecule has 28 heavy (non-hydrogen) atoms. The van der Waals surface area contributed by atoms with Crippen LogP contribution in [0.4, 0.5) is 5.69 Å². The summed E-state index contributed by atoms with van der Waals surface area (Å²) >= 11 is 3.55. The molecule has 0 spiro atoms. The van der Waals surface area contributed by atoms with Crippen molar-refractivity contribution in [2.45, 2.75) is 20.1 Å². The number of hydrogen-bond acceptors (Lipinski definition) is 3. The third-order valence-corrected chi connectivity index (χ3v) is 4.95. The highest BCUT2D eigenvalue weighted by Gasteiger charge is 2.13. The molecule has 0 unspecified atom stereocenters. The zero-order valence-electron chi connectivity index (χ0n) is 15.6. The number of halogens is 1. The van der Waals surface area contributed by atoms with Crippen LogP contribution in [0.1, 0.15) is 28.4 Å². The Balaban J connectivity index is 1.80. The van der Waals surface area contributed by atoms with Gasteiger partial charge in [0.05, 0.1) is 11.3 Å². The lowest BCUT2D eigenvalue weighted by Crippen LogP contribution is -2.22. The molecule has 0 aliphatic heterocycles. The molecule has 0 amide bonds. The first-order valence-corrected chi connectivity index (χ1v) is 9.89. The summed E-state index contributed by atoms with van der Waals surface area (Å²) in [6.45, 7) is 4.04. The van der Waals surface area contributed by atoms with Gasteiger partial charge >= 0.3 is 5.97 Å². The van der Waals surface area contributed by atoms with Crippen LogP contribution in [0.5, 0.6) is 5.75 Å². The molecule has 0 heterocycles. The number of benzene rings is 3. The first-order chi connectivity index (χ1) is 13.6. The molecule has 3 aromatic carbocycles. The van der Waals surface area contributed by atoms with Crippen LogP contribution in [0, 0.1) is 0 Å². The smallest absolute Gasteiger partial charge is 0.335 e. The van der Waals surface area contributed by atoms with Gasteiger partial charge in [0.2, 0.25) is 0 Å². The molecule has 144 valence electrons. The number of carbonyl (C=O) groups is 1. The number of aromatic carboxylic acids is 1. The predicted molar refractivity (Wildman–Crippen MR) is 115 cm³/mol. The monoisotopic (exact) mass is 439 g/mol. The van der Waals surface area contributed by atoms with Crippen LogP contribution in [0.25, 0.3) is 0 Å². The highest BCUT2D eigenvalue weighted by atomic mass is 79.9. The van der Waals surface area contributed by atoms with Crippen molar-refractivity contribution in [1.29, 1.82) is 0 Å². The molecule has 3 rings (SSSR count). The molecule has 0 radical (unpaired) electrons. The molecule has 4 nitrogen and oxygen atoms in total. The zero-order chi connectivity index (χ0) is 19.9. The van der Waals surface area contributed by atoms with E-state index >= 15 is 0 Å². The van der Waals surface area contributed by atoms with Crippen LogP contribution in [0.15, 0.2) is 77.3 Å². The molecule has 0 aromatic heterocycles. The average molecular weight is 440 g/mol. The molecule has 0 fully saturated rings. The van der Waals surface area contributed by atoms with Crippen molar-refractivity contribution >= 4 is 27.6 Å². The molecular formula is C23H22BrNO3. The topological polar surface area (TPSA) is 49.8 Å². The van der Waals surface area contributed by atoms with E-state index in [1.54, 1.807) is 12.1 Å². The number of anilines is 1. The molecule has 1 N–H and O–H groups in total. The first-order valence-electron chi connectivity index (χ1n) is 9.10. The van der Waals surface area contributed by atoms with Crippen LogP contribution in [0.3, 0.4) is 0 Å². The third kappa shape index (κ3) is 5.14. The lowest BCUT2D eigenvalue weighted by molar-refractivity contribution is 0.0697. The molecule has 0 aliphatic carbocycles. The summed E-state index contributed by atoms with van der Waals surface area (Å²) in [4.78, 5) is 13.3. The quantitative estimate of drug-likeness (QED) is 0.485. The molecule has 0 bridgehead atoms. The van der Waals surface area contributed by atoms with Gasteiger partial charge in [0.25, 0.3) is 0 Å². The second-order valence-corrected chi connectivity index (χ2v) is 7.32. The van der Waals surface area contributed by atoms with Crippen molar-refractivity contribution in [1.82, 2.24) is 0 Å². The first kappa shape index (κ1) is 20.0. The Kier molecular flexibility index (Phi) is 6.71. The summed E-state index contributed by atoms with van der Waals surface area (Å²) in [5.41, 5.74) is 3.45. The predicted octanol–water partition coefficient (Wildman–Crippen LogP) is 5.75. The van der Waals surface area contributed by atoms with Crippen LogP contribution < -0.4 is 9.64 Å². The number of rotatable bonds is 8. The van der Waals surface area contributed by atoms with E-state index in [0.29, 0.717) is 18.7 Å². The summed E-state index contributed by atoms with van der Waals surface area (Å²) < 4.78 is 7.09. The molecule has 3 aromatic rings. The Hall–Kier alpha value is -2.79. The summed E-state index contributed by atoms with van der Waals surface area (Å²) in [5, 5.41) is 9.07. The van der Waals surface area contributed by atoms with Gasteiger partial charge in [0.15, 0.2) is 0 Å². The third-order valence-electron chi connectivity index (χ3n) is 4.45. The zero-order valence-corrected chi connectivity index (χ0v) is 17.2. The Bertz CT molecular complexity index is 926. The summed E-state index contributed by atoms with van der Waals surface area (Å²) in [7, 11) is 0. The fourth-order valence-corrected chi connectivity index (χ4v) is 3.28. The second kappa shape index (κ2) is 9.42. The molecular weight excluding hydrogens is 418 g/mol. The molecule has 0 atom stereocenters. The maximum Gasteiger partial charge on any atom is 0.335 e. The van der Waals surface area contributed by atoms with Crippen LogP contribution in [-0.4, -0.2) is 17.6 Å². The van der Waals surface area contributed by atoms with E-state index in [2.05, 4.69) is 33.8 Å². The van der Waals surface area contributed by atoms with Crippen LogP contribution in [0.2, 0.25) is 0 Å². The molecule has 0 saturated heterocycles. The number of carboxylic acids is 1. The van der Waals surface area contributed by atoms with Crippen LogP contribution in [-0.2, 0) is 13.2 Å². The number of carboxylic acid groups (broad SMARTS) is 1. The van der Waals surface area contributed by atoms with E-state index in [0.717, 1.165) is 33.6 Å². The normalized spacial score (nSPS) is 10.5. The molecule has 0 aliphatic rings. The molecule has 0 saturated carbocycles. The van der Waals surface area contributed by atoms with Gasteiger partial charge in [0, 0.05) is 17.6 Å². The highest BCUT2D eigenvalue weighted by Crippen LogP contribution is 2.33. The average Bonchev–Trinajstić information content (AvgIpc) is 2.72. The summed E-state index contributed by atoms with van der Waals surface area (Å²) in [6, 6.07) is 23.1.